The highest BCUT2D eigenvalue weighted by Crippen LogP contribution is 2.00. The van der Waals surface area contributed by atoms with E-state index in [-0.39, 0.29) is 0 Å². The van der Waals surface area contributed by atoms with Crippen LogP contribution < -0.4 is 5.32 Å². The molecule has 0 aliphatic carbocycles. The largest absolute Gasteiger partial charge is 0.384 e. The molecule has 2 atom stereocenters. The lowest BCUT2D eigenvalue weighted by Crippen LogP contribution is -2.38. The molecule has 2 unspecified atom stereocenters. The van der Waals surface area contributed by atoms with Crippen LogP contribution in [0.1, 0.15) is 27.2 Å². The minimum absolute atomic E-state index is 0.574. The van der Waals surface area contributed by atoms with Gasteiger partial charge in [-0.05, 0) is 39.4 Å². The molecule has 0 heterocycles. The minimum atomic E-state index is 0.574. The summed E-state index contributed by atoms with van der Waals surface area (Å²) in [4.78, 5) is 2.33. The zero-order chi connectivity index (χ0) is 11.7. The quantitative estimate of drug-likeness (QED) is 0.633. The number of hydrogen-bond acceptors (Lipinski definition) is 3. The monoisotopic (exact) mass is 216 g/mol. The van der Waals surface area contributed by atoms with Crippen molar-refractivity contribution in [1.82, 2.24) is 10.2 Å². The molecule has 1 N–H and O–H groups in total. The molecular formula is C12H28N2O. The van der Waals surface area contributed by atoms with Crippen molar-refractivity contribution < 1.29 is 4.74 Å². The Morgan fingerprint density at radius 3 is 2.53 bits per heavy atom. The van der Waals surface area contributed by atoms with E-state index in [0.29, 0.717) is 12.0 Å². The fraction of sp³-hybridized carbons (Fsp3) is 1.00. The number of likely N-dealkylation sites (N-methyl/N-ethyl adjacent to an activating group) is 1. The standard InChI is InChI=1S/C12H28N2O/c1-6-14(4)9-12(3)13-8-7-11(2)10-15-5/h11-13H,6-10H2,1-5H3. The van der Waals surface area contributed by atoms with Crippen molar-refractivity contribution in [1.29, 1.82) is 0 Å². The zero-order valence-electron chi connectivity index (χ0n) is 11.0. The highest BCUT2D eigenvalue weighted by molar-refractivity contribution is 4.65. The van der Waals surface area contributed by atoms with Gasteiger partial charge in [0.25, 0.3) is 0 Å². The van der Waals surface area contributed by atoms with Crippen LogP contribution in [-0.4, -0.2) is 51.3 Å². The molecule has 0 radical (unpaired) electrons. The van der Waals surface area contributed by atoms with E-state index in [4.69, 9.17) is 4.74 Å². The maximum absolute atomic E-state index is 5.11. The zero-order valence-corrected chi connectivity index (χ0v) is 11.0. The number of hydrogen-bond donors (Lipinski definition) is 1. The second kappa shape index (κ2) is 9.13. The van der Waals surface area contributed by atoms with E-state index >= 15 is 0 Å². The molecule has 0 aromatic rings. The molecule has 0 saturated carbocycles. The Labute approximate surface area is 95.2 Å². The third kappa shape index (κ3) is 8.85. The lowest BCUT2D eigenvalue weighted by atomic mass is 10.1. The van der Waals surface area contributed by atoms with Gasteiger partial charge in [0.15, 0.2) is 0 Å². The van der Waals surface area contributed by atoms with Gasteiger partial charge in [-0.1, -0.05) is 13.8 Å². The van der Waals surface area contributed by atoms with Gasteiger partial charge in [-0.15, -0.1) is 0 Å². The lowest BCUT2D eigenvalue weighted by molar-refractivity contribution is 0.154. The summed E-state index contributed by atoms with van der Waals surface area (Å²) in [6, 6.07) is 0.574. The van der Waals surface area contributed by atoms with Crippen LogP contribution >= 0.6 is 0 Å². The van der Waals surface area contributed by atoms with Crippen molar-refractivity contribution in [3.8, 4) is 0 Å². The number of nitrogens with zero attached hydrogens (tertiary/aromatic N) is 1. The maximum Gasteiger partial charge on any atom is 0.0488 e. The molecule has 0 rings (SSSR count). The van der Waals surface area contributed by atoms with Crippen molar-refractivity contribution in [3.63, 3.8) is 0 Å². The Hall–Kier alpha value is -0.120. The Balaban J connectivity index is 3.41. The Bertz CT molecular complexity index is 142. The van der Waals surface area contributed by atoms with Gasteiger partial charge in [0, 0.05) is 26.3 Å². The topological polar surface area (TPSA) is 24.5 Å². The van der Waals surface area contributed by atoms with Crippen molar-refractivity contribution in [2.75, 3.05) is 40.4 Å². The molecule has 0 aliphatic rings. The van der Waals surface area contributed by atoms with E-state index in [1.165, 1.54) is 6.42 Å². The maximum atomic E-state index is 5.11. The SMILES string of the molecule is CCN(C)CC(C)NCCC(C)COC. The smallest absolute Gasteiger partial charge is 0.0488 e. The second-order valence-electron chi connectivity index (χ2n) is 4.56. The molecular weight excluding hydrogens is 188 g/mol. The molecule has 0 aromatic heterocycles. The average Bonchev–Trinajstić information content (AvgIpc) is 2.18. The van der Waals surface area contributed by atoms with Gasteiger partial charge in [0.2, 0.25) is 0 Å². The summed E-state index contributed by atoms with van der Waals surface area (Å²) in [5, 5.41) is 3.54. The van der Waals surface area contributed by atoms with Gasteiger partial charge in [-0.3, -0.25) is 0 Å². The summed E-state index contributed by atoms with van der Waals surface area (Å²) in [6.07, 6.45) is 1.19. The number of methoxy groups -OCH3 is 1. The molecule has 0 amide bonds. The summed E-state index contributed by atoms with van der Waals surface area (Å²) in [5.41, 5.74) is 0. The van der Waals surface area contributed by atoms with Crippen LogP contribution in [0.25, 0.3) is 0 Å². The Morgan fingerprint density at radius 2 is 2.00 bits per heavy atom. The molecule has 0 fully saturated rings. The third-order valence-electron chi connectivity index (χ3n) is 2.71. The molecule has 3 heteroatoms. The highest BCUT2D eigenvalue weighted by atomic mass is 16.5. The molecule has 0 saturated heterocycles. The van der Waals surface area contributed by atoms with Crippen LogP contribution in [0.2, 0.25) is 0 Å². The number of nitrogens with one attached hydrogen (secondary N) is 1. The first-order chi connectivity index (χ1) is 7.10. The molecule has 92 valence electrons. The summed E-state index contributed by atoms with van der Waals surface area (Å²) >= 11 is 0. The lowest BCUT2D eigenvalue weighted by Gasteiger charge is -2.21. The summed E-state index contributed by atoms with van der Waals surface area (Å²) in [6.45, 7) is 10.9. The fourth-order valence-corrected chi connectivity index (χ4v) is 1.61. The minimum Gasteiger partial charge on any atom is -0.384 e. The van der Waals surface area contributed by atoms with Crippen molar-refractivity contribution in [2.24, 2.45) is 5.92 Å². The summed E-state index contributed by atoms with van der Waals surface area (Å²) < 4.78 is 5.11. The van der Waals surface area contributed by atoms with E-state index in [1.54, 1.807) is 7.11 Å². The summed E-state index contributed by atoms with van der Waals surface area (Å²) in [5.74, 6) is 0.651. The van der Waals surface area contributed by atoms with E-state index in [0.717, 1.165) is 26.2 Å². The summed E-state index contributed by atoms with van der Waals surface area (Å²) in [7, 11) is 3.93. The number of ether oxygens (including phenoxy) is 1. The van der Waals surface area contributed by atoms with Gasteiger partial charge >= 0.3 is 0 Å². The normalized spacial score (nSPS) is 15.6. The van der Waals surface area contributed by atoms with E-state index in [2.05, 4.69) is 38.0 Å². The Morgan fingerprint density at radius 1 is 1.33 bits per heavy atom. The van der Waals surface area contributed by atoms with Gasteiger partial charge in [0.1, 0.15) is 0 Å². The first-order valence-electron chi connectivity index (χ1n) is 6.01. The van der Waals surface area contributed by atoms with Crippen LogP contribution in [-0.2, 0) is 4.74 Å². The van der Waals surface area contributed by atoms with Gasteiger partial charge in [0.05, 0.1) is 0 Å². The van der Waals surface area contributed by atoms with Crippen molar-refractivity contribution >= 4 is 0 Å². The molecule has 3 nitrogen and oxygen atoms in total. The Kier molecular flexibility index (Phi) is 9.06. The van der Waals surface area contributed by atoms with Crippen LogP contribution in [0, 0.1) is 5.92 Å². The van der Waals surface area contributed by atoms with Gasteiger partial charge in [-0.2, -0.15) is 0 Å². The third-order valence-corrected chi connectivity index (χ3v) is 2.71. The molecule has 0 aliphatic heterocycles. The van der Waals surface area contributed by atoms with Crippen LogP contribution in [0.5, 0.6) is 0 Å². The van der Waals surface area contributed by atoms with Crippen LogP contribution in [0.4, 0.5) is 0 Å². The van der Waals surface area contributed by atoms with E-state index < -0.39 is 0 Å². The van der Waals surface area contributed by atoms with E-state index in [9.17, 15) is 0 Å². The average molecular weight is 216 g/mol. The predicted octanol–water partition coefficient (Wildman–Crippen LogP) is 1.59. The predicted molar refractivity (Wildman–Crippen MR) is 66.3 cm³/mol. The number of rotatable bonds is 9. The molecule has 0 bridgehead atoms. The van der Waals surface area contributed by atoms with Crippen molar-refractivity contribution in [3.05, 3.63) is 0 Å². The second-order valence-corrected chi connectivity index (χ2v) is 4.56. The van der Waals surface area contributed by atoms with Crippen LogP contribution in [0.3, 0.4) is 0 Å². The van der Waals surface area contributed by atoms with Crippen molar-refractivity contribution in [2.45, 2.75) is 33.2 Å². The van der Waals surface area contributed by atoms with Gasteiger partial charge in [-0.25, -0.2) is 0 Å². The molecule has 0 aromatic carbocycles. The van der Waals surface area contributed by atoms with Crippen LogP contribution in [0.15, 0.2) is 0 Å². The van der Waals surface area contributed by atoms with Gasteiger partial charge < -0.3 is 15.0 Å². The highest BCUT2D eigenvalue weighted by Gasteiger charge is 2.05. The fourth-order valence-electron chi connectivity index (χ4n) is 1.61. The molecule has 0 spiro atoms. The first-order valence-corrected chi connectivity index (χ1v) is 6.01. The van der Waals surface area contributed by atoms with E-state index in [1.807, 2.05) is 0 Å². The first kappa shape index (κ1) is 14.9. The molecule has 15 heavy (non-hydrogen) atoms.